The summed E-state index contributed by atoms with van der Waals surface area (Å²) in [6.07, 6.45) is 0.711. The van der Waals surface area contributed by atoms with Crippen LogP contribution in [-0.2, 0) is 21.9 Å². The quantitative estimate of drug-likeness (QED) is 0.914. The summed E-state index contributed by atoms with van der Waals surface area (Å²) >= 11 is 1.62. The Morgan fingerprint density at radius 2 is 1.76 bits per heavy atom. The second-order valence-corrected chi connectivity index (χ2v) is 8.60. The van der Waals surface area contributed by atoms with E-state index in [4.69, 9.17) is 0 Å². The molecule has 5 heteroatoms. The molecule has 0 amide bonds. The summed E-state index contributed by atoms with van der Waals surface area (Å²) in [4.78, 5) is 0.320. The van der Waals surface area contributed by atoms with E-state index in [2.05, 4.69) is 25.5 Å². The summed E-state index contributed by atoms with van der Waals surface area (Å²) in [6.45, 7) is 6.74. The minimum Gasteiger partial charge on any atom is -0.211 e. The second kappa shape index (κ2) is 6.30. The Morgan fingerprint density at radius 3 is 2.29 bits per heavy atom. The number of thiophene rings is 1. The van der Waals surface area contributed by atoms with Crippen molar-refractivity contribution in [2.75, 3.05) is 6.54 Å². The third-order valence-electron chi connectivity index (χ3n) is 3.32. The number of nitrogens with one attached hydrogen (secondary N) is 1. The van der Waals surface area contributed by atoms with E-state index in [0.717, 1.165) is 11.1 Å². The van der Waals surface area contributed by atoms with Crippen molar-refractivity contribution >= 4 is 21.4 Å². The van der Waals surface area contributed by atoms with Gasteiger partial charge >= 0.3 is 0 Å². The molecule has 0 aliphatic heterocycles. The molecule has 0 aliphatic carbocycles. The predicted molar refractivity (Wildman–Crippen MR) is 88.4 cm³/mol. The number of hydrogen-bond acceptors (Lipinski definition) is 3. The van der Waals surface area contributed by atoms with Gasteiger partial charge in [-0.2, -0.15) is 11.3 Å². The van der Waals surface area contributed by atoms with Crippen LogP contribution in [0.3, 0.4) is 0 Å². The van der Waals surface area contributed by atoms with E-state index in [9.17, 15) is 8.42 Å². The van der Waals surface area contributed by atoms with Gasteiger partial charge in [0.15, 0.2) is 0 Å². The fourth-order valence-electron chi connectivity index (χ4n) is 1.98. The fourth-order valence-corrected chi connectivity index (χ4v) is 3.72. The van der Waals surface area contributed by atoms with E-state index in [0.29, 0.717) is 17.9 Å². The largest absolute Gasteiger partial charge is 0.240 e. The maximum atomic E-state index is 12.2. The van der Waals surface area contributed by atoms with Crippen LogP contribution in [0.2, 0.25) is 0 Å². The summed E-state index contributed by atoms with van der Waals surface area (Å²) < 4.78 is 27.1. The van der Waals surface area contributed by atoms with Crippen molar-refractivity contribution in [1.82, 2.24) is 4.72 Å². The fraction of sp³-hybridized carbons (Fsp3) is 0.375. The number of hydrogen-bond donors (Lipinski definition) is 1. The lowest BCUT2D eigenvalue weighted by Gasteiger charge is -2.19. The summed E-state index contributed by atoms with van der Waals surface area (Å²) in [5, 5.41) is 4.03. The normalized spacial score (nSPS) is 12.5. The molecule has 0 saturated carbocycles. The first kappa shape index (κ1) is 16.2. The molecule has 0 aliphatic rings. The zero-order valence-corrected chi connectivity index (χ0v) is 14.2. The molecule has 1 aromatic heterocycles. The number of rotatable bonds is 5. The van der Waals surface area contributed by atoms with Crippen molar-refractivity contribution in [3.8, 4) is 0 Å². The van der Waals surface area contributed by atoms with Crippen LogP contribution in [0.5, 0.6) is 0 Å². The average molecular weight is 323 g/mol. The number of sulfonamides is 1. The van der Waals surface area contributed by atoms with E-state index in [1.165, 1.54) is 0 Å². The van der Waals surface area contributed by atoms with Gasteiger partial charge < -0.3 is 0 Å². The zero-order valence-electron chi connectivity index (χ0n) is 12.6. The van der Waals surface area contributed by atoms with E-state index < -0.39 is 10.0 Å². The smallest absolute Gasteiger partial charge is 0.211 e. The Balaban J connectivity index is 2.02. The molecule has 0 atom stereocenters. The van der Waals surface area contributed by atoms with Gasteiger partial charge in [0.1, 0.15) is 0 Å². The molecule has 3 nitrogen and oxygen atoms in total. The van der Waals surface area contributed by atoms with Gasteiger partial charge in [0.05, 0.1) is 4.90 Å². The highest BCUT2D eigenvalue weighted by molar-refractivity contribution is 7.89. The first-order valence-electron chi connectivity index (χ1n) is 6.90. The molecule has 0 radical (unpaired) electrons. The zero-order chi connectivity index (χ0) is 15.5. The first-order chi connectivity index (χ1) is 9.79. The Bertz CT molecular complexity index is 666. The molecule has 1 N–H and O–H groups in total. The molecular weight excluding hydrogens is 302 g/mol. The summed E-state index contributed by atoms with van der Waals surface area (Å²) in [5.74, 6) is 0. The van der Waals surface area contributed by atoms with Crippen LogP contribution in [0.15, 0.2) is 46.0 Å². The lowest BCUT2D eigenvalue weighted by Crippen LogP contribution is -2.26. The van der Waals surface area contributed by atoms with Crippen LogP contribution >= 0.6 is 11.3 Å². The molecule has 1 aromatic carbocycles. The van der Waals surface area contributed by atoms with Crippen LogP contribution < -0.4 is 4.72 Å². The average Bonchev–Trinajstić information content (AvgIpc) is 2.91. The van der Waals surface area contributed by atoms with Crippen molar-refractivity contribution < 1.29 is 8.42 Å². The molecule has 114 valence electrons. The molecule has 0 spiro atoms. The molecule has 2 rings (SSSR count). The highest BCUT2D eigenvalue weighted by Crippen LogP contribution is 2.23. The van der Waals surface area contributed by atoms with Gasteiger partial charge in [-0.3, -0.25) is 0 Å². The molecule has 0 unspecified atom stereocenters. The van der Waals surface area contributed by atoms with Crippen LogP contribution in [0.25, 0.3) is 0 Å². The molecule has 0 fully saturated rings. The minimum absolute atomic E-state index is 0.0225. The molecule has 21 heavy (non-hydrogen) atoms. The molecule has 1 heterocycles. The number of benzene rings is 1. The maximum absolute atomic E-state index is 12.2. The van der Waals surface area contributed by atoms with Crippen molar-refractivity contribution in [2.24, 2.45) is 0 Å². The molecule has 2 aromatic rings. The van der Waals surface area contributed by atoms with E-state index in [1.807, 2.05) is 29.0 Å². The van der Waals surface area contributed by atoms with Gasteiger partial charge in [-0.25, -0.2) is 13.1 Å². The summed E-state index contributed by atoms with van der Waals surface area (Å²) in [6, 6.07) is 9.12. The topological polar surface area (TPSA) is 46.2 Å². The van der Waals surface area contributed by atoms with Crippen LogP contribution in [0.4, 0.5) is 0 Å². The van der Waals surface area contributed by atoms with Gasteiger partial charge in [-0.1, -0.05) is 32.9 Å². The van der Waals surface area contributed by atoms with Crippen molar-refractivity contribution in [3.05, 3.63) is 52.2 Å². The first-order valence-corrected chi connectivity index (χ1v) is 9.33. The Kier molecular flexibility index (Phi) is 4.86. The van der Waals surface area contributed by atoms with E-state index >= 15 is 0 Å². The Hall–Kier alpha value is -1.17. The second-order valence-electron chi connectivity index (χ2n) is 6.05. The molecule has 0 bridgehead atoms. The van der Waals surface area contributed by atoms with Crippen molar-refractivity contribution in [3.63, 3.8) is 0 Å². The summed E-state index contributed by atoms with van der Waals surface area (Å²) in [7, 11) is -3.42. The van der Waals surface area contributed by atoms with Crippen molar-refractivity contribution in [1.29, 1.82) is 0 Å². The minimum atomic E-state index is -3.42. The standard InChI is InChI=1S/C16H21NO2S2/c1-16(2,3)14-4-6-15(7-5-14)21(18,19)17-10-8-13-9-11-20-12-13/h4-7,9,11-12,17H,8,10H2,1-3H3. The molecular formula is C16H21NO2S2. The molecule has 0 saturated heterocycles. The highest BCUT2D eigenvalue weighted by Gasteiger charge is 2.17. The van der Waals surface area contributed by atoms with E-state index in [-0.39, 0.29) is 5.41 Å². The lowest BCUT2D eigenvalue weighted by atomic mass is 9.87. The van der Waals surface area contributed by atoms with Crippen LogP contribution in [0.1, 0.15) is 31.9 Å². The Labute approximate surface area is 131 Å². The van der Waals surface area contributed by atoms with Gasteiger partial charge in [-0.15, -0.1) is 0 Å². The SMILES string of the molecule is CC(C)(C)c1ccc(S(=O)(=O)NCCc2ccsc2)cc1. The van der Waals surface area contributed by atoms with Crippen LogP contribution in [-0.4, -0.2) is 15.0 Å². The monoisotopic (exact) mass is 323 g/mol. The third kappa shape index (κ3) is 4.40. The lowest BCUT2D eigenvalue weighted by molar-refractivity contribution is 0.578. The summed E-state index contributed by atoms with van der Waals surface area (Å²) in [5.41, 5.74) is 2.31. The van der Waals surface area contributed by atoms with Gasteiger partial charge in [0.2, 0.25) is 10.0 Å². The third-order valence-corrected chi connectivity index (χ3v) is 5.53. The van der Waals surface area contributed by atoms with Crippen molar-refractivity contribution in [2.45, 2.75) is 37.5 Å². The highest BCUT2D eigenvalue weighted by atomic mass is 32.2. The maximum Gasteiger partial charge on any atom is 0.240 e. The van der Waals surface area contributed by atoms with Gasteiger partial charge in [0.25, 0.3) is 0 Å². The van der Waals surface area contributed by atoms with Gasteiger partial charge in [-0.05, 0) is 51.9 Å². The van der Waals surface area contributed by atoms with E-state index in [1.54, 1.807) is 23.5 Å². The van der Waals surface area contributed by atoms with Crippen LogP contribution in [0, 0.1) is 0 Å². The Morgan fingerprint density at radius 1 is 1.10 bits per heavy atom. The van der Waals surface area contributed by atoms with Gasteiger partial charge in [0, 0.05) is 6.54 Å². The predicted octanol–water partition coefficient (Wildman–Crippen LogP) is 3.57.